The summed E-state index contributed by atoms with van der Waals surface area (Å²) in [6.07, 6.45) is 0. The zero-order valence-corrected chi connectivity index (χ0v) is 16.7. The average molecular weight is 455 g/mol. The molecule has 0 saturated carbocycles. The minimum atomic E-state index is -0.687. The number of amides is 1. The van der Waals surface area contributed by atoms with Crippen LogP contribution in [0.5, 0.6) is 0 Å². The molecule has 3 rings (SSSR count). The van der Waals surface area contributed by atoms with Gasteiger partial charge in [-0.25, -0.2) is 4.79 Å². The van der Waals surface area contributed by atoms with Crippen LogP contribution in [-0.4, -0.2) is 24.7 Å². The van der Waals surface area contributed by atoms with Crippen molar-refractivity contribution in [3.05, 3.63) is 57.7 Å². The van der Waals surface area contributed by atoms with E-state index in [9.17, 15) is 9.59 Å². The van der Waals surface area contributed by atoms with E-state index in [2.05, 4.69) is 21.2 Å². The normalized spacial score (nSPS) is 10.7. The van der Waals surface area contributed by atoms with Gasteiger partial charge in [0.15, 0.2) is 0 Å². The number of furan rings is 1. The minimum absolute atomic E-state index is 0.0856. The van der Waals surface area contributed by atoms with Gasteiger partial charge in [0.2, 0.25) is 11.7 Å². The second-order valence-electron chi connectivity index (χ2n) is 5.20. The van der Waals surface area contributed by atoms with Crippen molar-refractivity contribution in [1.82, 2.24) is 0 Å². The SMILES string of the molecule is COC(=O)c1oc2cccc(Cl)c2c1NC(=O)CSc1ccc(Br)cc1. The van der Waals surface area contributed by atoms with Crippen molar-refractivity contribution < 1.29 is 18.7 Å². The van der Waals surface area contributed by atoms with Gasteiger partial charge in [0.05, 0.1) is 23.3 Å². The summed E-state index contributed by atoms with van der Waals surface area (Å²) < 4.78 is 11.2. The van der Waals surface area contributed by atoms with Crippen molar-refractivity contribution in [2.75, 3.05) is 18.2 Å². The summed E-state index contributed by atoms with van der Waals surface area (Å²) in [5.41, 5.74) is 0.618. The van der Waals surface area contributed by atoms with E-state index in [1.54, 1.807) is 18.2 Å². The Labute approximate surface area is 167 Å². The molecule has 1 aromatic heterocycles. The molecule has 0 spiro atoms. The molecular formula is C18H13BrClNO4S. The number of hydrogen-bond donors (Lipinski definition) is 1. The van der Waals surface area contributed by atoms with Crippen molar-refractivity contribution >= 4 is 67.8 Å². The molecule has 0 aliphatic heterocycles. The Morgan fingerprint density at radius 3 is 2.65 bits per heavy atom. The fourth-order valence-corrected chi connectivity index (χ4v) is 3.54. The highest BCUT2D eigenvalue weighted by atomic mass is 79.9. The number of rotatable bonds is 5. The highest BCUT2D eigenvalue weighted by Gasteiger charge is 2.24. The molecule has 0 saturated heterocycles. The quantitative estimate of drug-likeness (QED) is 0.415. The van der Waals surface area contributed by atoms with Crippen molar-refractivity contribution in [2.24, 2.45) is 0 Å². The maximum absolute atomic E-state index is 12.4. The second kappa shape index (κ2) is 8.16. The summed E-state index contributed by atoms with van der Waals surface area (Å²) in [6, 6.07) is 12.6. The van der Waals surface area contributed by atoms with Crippen LogP contribution in [0.25, 0.3) is 11.0 Å². The standard InChI is InChI=1S/C18H13BrClNO4S/c1-24-18(23)17-16(15-12(20)3-2-4-13(15)25-17)21-14(22)9-26-11-7-5-10(19)6-8-11/h2-8H,9H2,1H3,(H,21,22). The first kappa shape index (κ1) is 18.8. The van der Waals surface area contributed by atoms with Gasteiger partial charge in [-0.1, -0.05) is 33.6 Å². The van der Waals surface area contributed by atoms with Crippen LogP contribution in [0.3, 0.4) is 0 Å². The van der Waals surface area contributed by atoms with Crippen molar-refractivity contribution in [3.63, 3.8) is 0 Å². The number of anilines is 1. The van der Waals surface area contributed by atoms with Gasteiger partial charge in [-0.2, -0.15) is 0 Å². The number of fused-ring (bicyclic) bond motifs is 1. The number of carbonyl (C=O) groups excluding carboxylic acids is 2. The summed E-state index contributed by atoms with van der Waals surface area (Å²) in [5.74, 6) is -0.893. The molecule has 1 heterocycles. The van der Waals surface area contributed by atoms with E-state index >= 15 is 0 Å². The number of halogens is 2. The molecule has 5 nitrogen and oxygen atoms in total. The number of thioether (sulfide) groups is 1. The maximum Gasteiger partial charge on any atom is 0.376 e. The zero-order valence-electron chi connectivity index (χ0n) is 13.5. The summed E-state index contributed by atoms with van der Waals surface area (Å²) in [6.45, 7) is 0. The van der Waals surface area contributed by atoms with Crippen LogP contribution in [0, 0.1) is 0 Å². The van der Waals surface area contributed by atoms with E-state index in [4.69, 9.17) is 20.8 Å². The number of benzene rings is 2. The number of methoxy groups -OCH3 is 1. The Morgan fingerprint density at radius 2 is 1.96 bits per heavy atom. The molecule has 0 fully saturated rings. The van der Waals surface area contributed by atoms with Gasteiger partial charge in [0.1, 0.15) is 11.3 Å². The molecule has 0 radical (unpaired) electrons. The van der Waals surface area contributed by atoms with Crippen LogP contribution in [0.15, 0.2) is 56.2 Å². The van der Waals surface area contributed by atoms with E-state index in [1.807, 2.05) is 24.3 Å². The highest BCUT2D eigenvalue weighted by Crippen LogP contribution is 2.36. The monoisotopic (exact) mass is 453 g/mol. The summed E-state index contributed by atoms with van der Waals surface area (Å²) >= 11 is 11.0. The third-order valence-electron chi connectivity index (χ3n) is 3.48. The van der Waals surface area contributed by atoms with Gasteiger partial charge in [-0.05, 0) is 36.4 Å². The van der Waals surface area contributed by atoms with E-state index in [0.29, 0.717) is 16.0 Å². The number of nitrogens with one attached hydrogen (secondary N) is 1. The lowest BCUT2D eigenvalue weighted by Crippen LogP contribution is -2.16. The summed E-state index contributed by atoms with van der Waals surface area (Å²) in [4.78, 5) is 25.3. The molecule has 3 aromatic rings. The Kier molecular flexibility index (Phi) is 5.90. The van der Waals surface area contributed by atoms with Gasteiger partial charge in [-0.15, -0.1) is 11.8 Å². The fraction of sp³-hybridized carbons (Fsp3) is 0.111. The first-order valence-corrected chi connectivity index (χ1v) is 9.63. The zero-order chi connectivity index (χ0) is 18.7. The average Bonchev–Trinajstić information content (AvgIpc) is 3.00. The largest absolute Gasteiger partial charge is 0.463 e. The molecule has 0 bridgehead atoms. The van der Waals surface area contributed by atoms with Crippen LogP contribution >= 0.6 is 39.3 Å². The van der Waals surface area contributed by atoms with Crippen molar-refractivity contribution in [3.8, 4) is 0 Å². The van der Waals surface area contributed by atoms with Crippen LogP contribution in [0.4, 0.5) is 5.69 Å². The predicted octanol–water partition coefficient (Wildman–Crippen LogP) is 5.37. The molecule has 1 amide bonds. The Balaban J connectivity index is 1.83. The summed E-state index contributed by atoms with van der Waals surface area (Å²) in [7, 11) is 1.24. The lowest BCUT2D eigenvalue weighted by Gasteiger charge is -2.06. The Hall–Kier alpha value is -1.96. The third-order valence-corrected chi connectivity index (χ3v) is 5.34. The van der Waals surface area contributed by atoms with E-state index in [0.717, 1.165) is 9.37 Å². The third kappa shape index (κ3) is 4.06. The molecule has 8 heteroatoms. The molecule has 2 aromatic carbocycles. The van der Waals surface area contributed by atoms with Gasteiger partial charge < -0.3 is 14.5 Å². The van der Waals surface area contributed by atoms with Crippen molar-refractivity contribution in [2.45, 2.75) is 4.90 Å². The number of ether oxygens (including phenoxy) is 1. The van der Waals surface area contributed by atoms with Gasteiger partial charge in [0.25, 0.3) is 0 Å². The first-order chi connectivity index (χ1) is 12.5. The van der Waals surface area contributed by atoms with Gasteiger partial charge in [0, 0.05) is 9.37 Å². The Bertz CT molecular complexity index is 971. The first-order valence-electron chi connectivity index (χ1n) is 7.47. The smallest absolute Gasteiger partial charge is 0.376 e. The van der Waals surface area contributed by atoms with E-state index in [-0.39, 0.29) is 23.1 Å². The Morgan fingerprint density at radius 1 is 1.23 bits per heavy atom. The van der Waals surface area contributed by atoms with Crippen LogP contribution in [0.1, 0.15) is 10.6 Å². The molecule has 26 heavy (non-hydrogen) atoms. The molecular weight excluding hydrogens is 442 g/mol. The van der Waals surface area contributed by atoms with Crippen LogP contribution in [-0.2, 0) is 9.53 Å². The number of hydrogen-bond acceptors (Lipinski definition) is 5. The molecule has 1 N–H and O–H groups in total. The summed E-state index contributed by atoms with van der Waals surface area (Å²) in [5, 5.41) is 3.56. The number of esters is 1. The topological polar surface area (TPSA) is 68.5 Å². The van der Waals surface area contributed by atoms with Gasteiger partial charge >= 0.3 is 5.97 Å². The molecule has 0 atom stereocenters. The predicted molar refractivity (Wildman–Crippen MR) is 106 cm³/mol. The van der Waals surface area contributed by atoms with E-state index in [1.165, 1.54) is 18.9 Å². The minimum Gasteiger partial charge on any atom is -0.463 e. The fourth-order valence-electron chi connectivity index (χ4n) is 2.32. The van der Waals surface area contributed by atoms with E-state index < -0.39 is 5.97 Å². The molecule has 134 valence electrons. The van der Waals surface area contributed by atoms with Gasteiger partial charge in [-0.3, -0.25) is 4.79 Å². The highest BCUT2D eigenvalue weighted by molar-refractivity contribution is 9.10. The van der Waals surface area contributed by atoms with Crippen molar-refractivity contribution in [1.29, 1.82) is 0 Å². The molecule has 0 aliphatic carbocycles. The van der Waals surface area contributed by atoms with Crippen LogP contribution in [0.2, 0.25) is 5.02 Å². The maximum atomic E-state index is 12.4. The lowest BCUT2D eigenvalue weighted by molar-refractivity contribution is -0.113. The lowest BCUT2D eigenvalue weighted by atomic mass is 10.2. The molecule has 0 aliphatic rings. The molecule has 0 unspecified atom stereocenters. The number of carbonyl (C=O) groups is 2. The van der Waals surface area contributed by atoms with Crippen LogP contribution < -0.4 is 5.32 Å². The second-order valence-corrected chi connectivity index (χ2v) is 7.57.